The first-order chi connectivity index (χ1) is 29.6. The van der Waals surface area contributed by atoms with E-state index >= 15 is 0 Å². The third-order valence-electron chi connectivity index (χ3n) is 22.1. The molecule has 0 amide bonds. The number of Topliss-reactive ketones (excluding diaryl/α,β-unsaturated/α-hetero) is 2. The highest BCUT2D eigenvalue weighted by molar-refractivity contribution is 5.83. The first kappa shape index (κ1) is 40.7. The highest BCUT2D eigenvalue weighted by Crippen LogP contribution is 2.57. The molecule has 0 bridgehead atoms. The summed E-state index contributed by atoms with van der Waals surface area (Å²) in [6, 6.07) is 7.62. The van der Waals surface area contributed by atoms with Gasteiger partial charge >= 0.3 is 0 Å². The van der Waals surface area contributed by atoms with Crippen LogP contribution in [0.15, 0.2) is 0 Å². The van der Waals surface area contributed by atoms with E-state index in [-0.39, 0.29) is 0 Å². The molecule has 4 saturated heterocycles. The first-order valence-corrected chi connectivity index (χ1v) is 27.7. The normalized spacial score (nSPS) is 50.9. The van der Waals surface area contributed by atoms with Gasteiger partial charge < -0.3 is 0 Å². The van der Waals surface area contributed by atoms with Gasteiger partial charge in [-0.3, -0.25) is 29.2 Å². The van der Waals surface area contributed by atoms with E-state index in [4.69, 9.17) is 0 Å². The van der Waals surface area contributed by atoms with E-state index in [9.17, 15) is 9.59 Å². The first-order valence-electron chi connectivity index (χ1n) is 27.7. The summed E-state index contributed by atoms with van der Waals surface area (Å²) in [5, 5.41) is 0. The van der Waals surface area contributed by atoms with Gasteiger partial charge in [-0.15, -0.1) is 0 Å². The molecule has 12 fully saturated rings. The minimum atomic E-state index is 0.309. The van der Waals surface area contributed by atoms with E-state index in [2.05, 4.69) is 19.6 Å². The van der Waals surface area contributed by atoms with E-state index < -0.39 is 0 Å². The summed E-state index contributed by atoms with van der Waals surface area (Å²) in [4.78, 5) is 39.1. The van der Waals surface area contributed by atoms with Gasteiger partial charge in [0.2, 0.25) is 0 Å². The molecule has 60 heavy (non-hydrogen) atoms. The van der Waals surface area contributed by atoms with Crippen LogP contribution < -0.4 is 0 Å². The lowest BCUT2D eigenvalue weighted by Gasteiger charge is -2.55. The van der Waals surface area contributed by atoms with Gasteiger partial charge in [0.15, 0.2) is 0 Å². The zero-order chi connectivity index (χ0) is 39.9. The van der Waals surface area contributed by atoms with Crippen LogP contribution in [-0.4, -0.2) is 105 Å². The molecule has 334 valence electrons. The van der Waals surface area contributed by atoms with Crippen molar-refractivity contribution < 1.29 is 9.59 Å². The topological polar surface area (TPSA) is 47.1 Å². The minimum Gasteiger partial charge on any atom is -0.299 e. The molecule has 0 radical (unpaired) electrons. The van der Waals surface area contributed by atoms with Gasteiger partial charge in [-0.25, -0.2) is 0 Å². The molecule has 0 N–H and O–H groups in total. The number of carbonyl (C=O) groups excluding carboxylic acids is 2. The molecule has 8 saturated carbocycles. The zero-order valence-electron chi connectivity index (χ0n) is 38.0. The number of fused-ring (bicyclic) bond motifs is 8. The number of ketones is 2. The number of nitrogens with zero attached hydrogens (tertiary/aromatic N) is 4. The quantitative estimate of drug-likeness (QED) is 0.275. The zero-order valence-corrected chi connectivity index (χ0v) is 38.0. The molecule has 12 rings (SSSR count). The Labute approximate surface area is 365 Å². The van der Waals surface area contributed by atoms with Crippen LogP contribution >= 0.6 is 0 Å². The molecule has 0 aromatic heterocycles. The Morgan fingerprint density at radius 1 is 0.317 bits per heavy atom. The van der Waals surface area contributed by atoms with Crippen LogP contribution in [-0.2, 0) is 9.59 Å². The highest BCUT2D eigenvalue weighted by Gasteiger charge is 2.58. The number of hydrogen-bond acceptors (Lipinski definition) is 6. The van der Waals surface area contributed by atoms with Crippen molar-refractivity contribution in [3.05, 3.63) is 0 Å². The Bertz CT molecular complexity index is 1470. The van der Waals surface area contributed by atoms with E-state index in [1.54, 1.807) is 19.3 Å². The monoisotopic (exact) mass is 823 g/mol. The number of piperidine rings is 2. The lowest BCUT2D eigenvalue weighted by atomic mass is 9.67. The smallest absolute Gasteiger partial charge is 0.138 e. The molecule has 6 nitrogen and oxygen atoms in total. The van der Waals surface area contributed by atoms with Crippen LogP contribution in [0.2, 0.25) is 0 Å². The highest BCUT2D eigenvalue weighted by atomic mass is 16.1. The van der Waals surface area contributed by atoms with Crippen LogP contribution in [0.1, 0.15) is 205 Å². The van der Waals surface area contributed by atoms with Crippen molar-refractivity contribution in [2.45, 2.75) is 266 Å². The number of carbonyl (C=O) groups is 2. The predicted molar refractivity (Wildman–Crippen MR) is 241 cm³/mol. The van der Waals surface area contributed by atoms with Gasteiger partial charge in [-0.05, 0) is 164 Å². The van der Waals surface area contributed by atoms with Crippen molar-refractivity contribution in [3.63, 3.8) is 0 Å². The van der Waals surface area contributed by atoms with Gasteiger partial charge in [-0.2, -0.15) is 0 Å². The molecule has 8 aliphatic carbocycles. The van der Waals surface area contributed by atoms with Gasteiger partial charge in [0.25, 0.3) is 0 Å². The summed E-state index contributed by atoms with van der Waals surface area (Å²) < 4.78 is 0. The number of likely N-dealkylation sites (tertiary alicyclic amines) is 4. The summed E-state index contributed by atoms with van der Waals surface area (Å²) >= 11 is 0. The van der Waals surface area contributed by atoms with Crippen LogP contribution in [0.3, 0.4) is 0 Å². The average molecular weight is 823 g/mol. The second-order valence-electron chi connectivity index (χ2n) is 24.3. The minimum absolute atomic E-state index is 0.309. The molecule has 0 spiro atoms. The molecule has 4 aliphatic heterocycles. The van der Waals surface area contributed by atoms with Crippen molar-refractivity contribution in [1.29, 1.82) is 0 Å². The van der Waals surface area contributed by atoms with Crippen molar-refractivity contribution >= 4 is 11.6 Å². The van der Waals surface area contributed by atoms with Gasteiger partial charge in [0.05, 0.1) is 0 Å². The Hall–Kier alpha value is -0.820. The van der Waals surface area contributed by atoms with Gasteiger partial charge in [-0.1, -0.05) is 64.2 Å². The largest absolute Gasteiger partial charge is 0.299 e. The Kier molecular flexibility index (Phi) is 11.7. The van der Waals surface area contributed by atoms with Crippen molar-refractivity contribution in [2.75, 3.05) is 13.1 Å². The molecular formula is C54H86N4O2. The molecule has 0 aromatic carbocycles. The van der Waals surface area contributed by atoms with Crippen molar-refractivity contribution in [2.24, 2.45) is 47.3 Å². The third kappa shape index (κ3) is 7.12. The van der Waals surface area contributed by atoms with Crippen molar-refractivity contribution in [1.82, 2.24) is 19.6 Å². The predicted octanol–water partition coefficient (Wildman–Crippen LogP) is 10.6. The molecular weight excluding hydrogens is 737 g/mol. The molecule has 6 heteroatoms. The van der Waals surface area contributed by atoms with Gasteiger partial charge in [0, 0.05) is 98.2 Å². The van der Waals surface area contributed by atoms with Crippen LogP contribution in [0.25, 0.3) is 0 Å². The van der Waals surface area contributed by atoms with Crippen LogP contribution in [0.4, 0.5) is 0 Å². The maximum absolute atomic E-state index is 13.3. The summed E-state index contributed by atoms with van der Waals surface area (Å²) in [7, 11) is 0. The van der Waals surface area contributed by atoms with Crippen molar-refractivity contribution in [3.8, 4) is 0 Å². The fourth-order valence-electron chi connectivity index (χ4n) is 19.8. The maximum atomic E-state index is 13.3. The lowest BCUT2D eigenvalue weighted by molar-refractivity contribution is -0.135. The molecule has 15 atom stereocenters. The second kappa shape index (κ2) is 17.2. The Morgan fingerprint density at radius 2 is 0.733 bits per heavy atom. The Balaban J connectivity index is 0.755. The number of hydrogen-bond donors (Lipinski definition) is 0. The van der Waals surface area contributed by atoms with Gasteiger partial charge in [0.1, 0.15) is 11.6 Å². The Morgan fingerprint density at radius 3 is 1.27 bits per heavy atom. The SMILES string of the molecule is O=C1CCN(C2CC(C3CCC(N4C5CCCCC5C5CC(N6C7CCCCC7C7CCCCC76)CCC54)CC3)CC(N3CCC(=O)C4CCCCC43)C2)C2CCCCC12. The van der Waals surface area contributed by atoms with Crippen LogP contribution in [0.5, 0.6) is 0 Å². The third-order valence-corrected chi connectivity index (χ3v) is 22.1. The lowest BCUT2D eigenvalue weighted by Crippen LogP contribution is -2.61. The fraction of sp³-hybridized carbons (Fsp3) is 0.963. The maximum Gasteiger partial charge on any atom is 0.138 e. The molecule has 12 aliphatic rings. The summed E-state index contributed by atoms with van der Waals surface area (Å²) in [6.07, 6.45) is 44.1. The van der Waals surface area contributed by atoms with E-state index in [1.165, 1.54) is 161 Å². The summed E-state index contributed by atoms with van der Waals surface area (Å²) in [5.74, 6) is 7.49. The van der Waals surface area contributed by atoms with E-state index in [1.807, 2.05) is 0 Å². The second-order valence-corrected chi connectivity index (χ2v) is 24.3. The molecule has 0 aromatic rings. The standard InChI is InChI=1S/C54H86N4O2/c59-53-27-29-55(47-16-6-4-14-44(47)53)39-31-36(32-40(33-39)56-30-28-54(60)45-15-5-7-17-48(45)56)35-21-23-37(24-22-35)57-51-20-10-3-13-43(51)46-34-38(25-26-52(46)57)58-49-18-8-1-11-41(49)42-12-2-9-19-50(42)58/h35-52H,1-34H2. The molecule has 4 heterocycles. The number of rotatable bonds is 5. The molecule has 15 unspecified atom stereocenters. The fourth-order valence-corrected chi connectivity index (χ4v) is 19.8. The van der Waals surface area contributed by atoms with Crippen LogP contribution in [0, 0.1) is 47.3 Å². The van der Waals surface area contributed by atoms with E-state index in [0.29, 0.717) is 47.6 Å². The average Bonchev–Trinajstić information content (AvgIpc) is 3.82. The summed E-state index contributed by atoms with van der Waals surface area (Å²) in [6.45, 7) is 2.03. The summed E-state index contributed by atoms with van der Waals surface area (Å²) in [5.41, 5.74) is 0. The van der Waals surface area contributed by atoms with E-state index in [0.717, 1.165) is 111 Å².